The minimum absolute atomic E-state index is 0.257. The van der Waals surface area contributed by atoms with Crippen LogP contribution < -0.4 is 10.1 Å². The second kappa shape index (κ2) is 5.61. The lowest BCUT2D eigenvalue weighted by Gasteiger charge is -2.09. The standard InChI is InChI=1S/C11H8Cl3N3O/c1-15-11-16-8(14)5-9(17-11)18-10-6(12)3-2-4-7(10)13/h2-5H,1H3,(H,15,16,17). The molecule has 7 heteroatoms. The van der Waals surface area contributed by atoms with Crippen molar-refractivity contribution in [3.63, 3.8) is 0 Å². The van der Waals surface area contributed by atoms with Crippen molar-refractivity contribution in [2.24, 2.45) is 0 Å². The molecule has 0 fully saturated rings. The van der Waals surface area contributed by atoms with Gasteiger partial charge >= 0.3 is 0 Å². The number of nitrogens with one attached hydrogen (secondary N) is 1. The maximum Gasteiger partial charge on any atom is 0.227 e. The molecule has 1 aromatic carbocycles. The number of halogens is 3. The van der Waals surface area contributed by atoms with Crippen LogP contribution in [0.25, 0.3) is 0 Å². The summed E-state index contributed by atoms with van der Waals surface area (Å²) in [5, 5.41) is 3.81. The fourth-order valence-corrected chi connectivity index (χ4v) is 1.89. The van der Waals surface area contributed by atoms with E-state index in [-0.39, 0.29) is 11.0 Å². The van der Waals surface area contributed by atoms with Crippen molar-refractivity contribution in [2.75, 3.05) is 12.4 Å². The van der Waals surface area contributed by atoms with E-state index >= 15 is 0 Å². The number of anilines is 1. The number of hydrogen-bond acceptors (Lipinski definition) is 4. The van der Waals surface area contributed by atoms with Gasteiger partial charge in [-0.2, -0.15) is 4.98 Å². The number of para-hydroxylation sites is 1. The number of benzene rings is 1. The Morgan fingerprint density at radius 2 is 1.78 bits per heavy atom. The summed E-state index contributed by atoms with van der Waals surface area (Å²) in [6, 6.07) is 6.54. The van der Waals surface area contributed by atoms with Crippen LogP contribution in [-0.4, -0.2) is 17.0 Å². The van der Waals surface area contributed by atoms with E-state index in [1.54, 1.807) is 25.2 Å². The van der Waals surface area contributed by atoms with Crippen molar-refractivity contribution >= 4 is 40.8 Å². The lowest BCUT2D eigenvalue weighted by atomic mass is 10.3. The molecule has 0 atom stereocenters. The van der Waals surface area contributed by atoms with Crippen LogP contribution in [0, 0.1) is 0 Å². The molecule has 2 rings (SSSR count). The van der Waals surface area contributed by atoms with E-state index in [1.165, 1.54) is 6.07 Å². The first-order chi connectivity index (χ1) is 8.60. The molecule has 0 spiro atoms. The fourth-order valence-electron chi connectivity index (χ4n) is 1.25. The Bertz CT molecular complexity index is 557. The molecular formula is C11H8Cl3N3O. The summed E-state index contributed by atoms with van der Waals surface area (Å²) >= 11 is 17.8. The highest BCUT2D eigenvalue weighted by Crippen LogP contribution is 2.35. The number of ether oxygens (including phenoxy) is 1. The van der Waals surface area contributed by atoms with Crippen LogP contribution in [-0.2, 0) is 0 Å². The zero-order chi connectivity index (χ0) is 13.1. The first-order valence-corrected chi connectivity index (χ1v) is 6.07. The Hall–Kier alpha value is -1.23. The van der Waals surface area contributed by atoms with Crippen LogP contribution in [0.15, 0.2) is 24.3 Å². The van der Waals surface area contributed by atoms with E-state index < -0.39 is 0 Å². The van der Waals surface area contributed by atoms with Gasteiger partial charge < -0.3 is 10.1 Å². The van der Waals surface area contributed by atoms with Crippen LogP contribution in [0.2, 0.25) is 15.2 Å². The van der Waals surface area contributed by atoms with E-state index in [1.807, 2.05) is 0 Å². The smallest absolute Gasteiger partial charge is 0.227 e. The van der Waals surface area contributed by atoms with Crippen LogP contribution in [0.4, 0.5) is 5.95 Å². The Morgan fingerprint density at radius 3 is 2.39 bits per heavy atom. The van der Waals surface area contributed by atoms with Crippen molar-refractivity contribution in [2.45, 2.75) is 0 Å². The highest BCUT2D eigenvalue weighted by Gasteiger charge is 2.10. The molecule has 0 radical (unpaired) electrons. The molecule has 0 saturated heterocycles. The van der Waals surface area contributed by atoms with Crippen LogP contribution >= 0.6 is 34.8 Å². The lowest BCUT2D eigenvalue weighted by molar-refractivity contribution is 0.463. The quantitative estimate of drug-likeness (QED) is 0.860. The third-order valence-electron chi connectivity index (χ3n) is 2.02. The molecule has 0 aliphatic carbocycles. The molecule has 94 valence electrons. The Morgan fingerprint density at radius 1 is 1.11 bits per heavy atom. The molecule has 0 aliphatic rings. The van der Waals surface area contributed by atoms with E-state index in [4.69, 9.17) is 39.5 Å². The predicted octanol–water partition coefficient (Wildman–Crippen LogP) is 4.27. The van der Waals surface area contributed by atoms with Gasteiger partial charge in [-0.25, -0.2) is 4.98 Å². The van der Waals surface area contributed by atoms with Crippen molar-refractivity contribution in [3.8, 4) is 11.6 Å². The van der Waals surface area contributed by atoms with Gasteiger partial charge in [-0.3, -0.25) is 0 Å². The molecule has 0 bridgehead atoms. The molecule has 0 unspecified atom stereocenters. The SMILES string of the molecule is CNc1nc(Cl)cc(Oc2c(Cl)cccc2Cl)n1. The first kappa shape index (κ1) is 13.2. The van der Waals surface area contributed by atoms with Crippen molar-refractivity contribution in [3.05, 3.63) is 39.5 Å². The maximum atomic E-state index is 5.99. The van der Waals surface area contributed by atoms with Gasteiger partial charge in [-0.1, -0.05) is 40.9 Å². The van der Waals surface area contributed by atoms with Crippen LogP contribution in [0.5, 0.6) is 11.6 Å². The summed E-state index contributed by atoms with van der Waals surface area (Å²) in [7, 11) is 1.68. The molecule has 2 aromatic rings. The maximum absolute atomic E-state index is 5.99. The van der Waals surface area contributed by atoms with Gasteiger partial charge in [0.2, 0.25) is 11.8 Å². The van der Waals surface area contributed by atoms with Gasteiger partial charge in [0.15, 0.2) is 5.75 Å². The fraction of sp³-hybridized carbons (Fsp3) is 0.0909. The Labute approximate surface area is 119 Å². The summed E-state index contributed by atoms with van der Waals surface area (Å²) in [6.45, 7) is 0. The lowest BCUT2D eigenvalue weighted by Crippen LogP contribution is -1.98. The van der Waals surface area contributed by atoms with Crippen LogP contribution in [0.3, 0.4) is 0 Å². The van der Waals surface area contributed by atoms with E-state index in [0.717, 1.165) is 0 Å². The predicted molar refractivity (Wildman–Crippen MR) is 73.1 cm³/mol. The summed E-state index contributed by atoms with van der Waals surface area (Å²) in [5.74, 6) is 0.938. The van der Waals surface area contributed by atoms with Crippen molar-refractivity contribution in [1.82, 2.24) is 9.97 Å². The molecule has 1 heterocycles. The second-order valence-electron chi connectivity index (χ2n) is 3.26. The molecule has 4 nitrogen and oxygen atoms in total. The average Bonchev–Trinajstić information content (AvgIpc) is 2.33. The second-order valence-corrected chi connectivity index (χ2v) is 4.46. The van der Waals surface area contributed by atoms with Gasteiger partial charge in [0.1, 0.15) is 5.15 Å². The minimum atomic E-state index is 0.257. The molecule has 0 saturated carbocycles. The topological polar surface area (TPSA) is 47.0 Å². The summed E-state index contributed by atoms with van der Waals surface area (Å²) < 4.78 is 5.52. The number of nitrogens with zero attached hydrogens (tertiary/aromatic N) is 2. The average molecular weight is 305 g/mol. The molecule has 1 N–H and O–H groups in total. The van der Waals surface area contributed by atoms with E-state index in [9.17, 15) is 0 Å². The number of aromatic nitrogens is 2. The Balaban J connectivity index is 2.37. The highest BCUT2D eigenvalue weighted by atomic mass is 35.5. The first-order valence-electron chi connectivity index (χ1n) is 4.94. The zero-order valence-corrected chi connectivity index (χ0v) is 11.5. The Kier molecular flexibility index (Phi) is 4.11. The molecular weight excluding hydrogens is 296 g/mol. The molecule has 18 heavy (non-hydrogen) atoms. The molecule has 0 amide bonds. The van der Waals surface area contributed by atoms with E-state index in [2.05, 4.69) is 15.3 Å². The zero-order valence-electron chi connectivity index (χ0n) is 9.25. The normalized spacial score (nSPS) is 10.2. The molecule has 0 aliphatic heterocycles. The largest absolute Gasteiger partial charge is 0.436 e. The van der Waals surface area contributed by atoms with E-state index in [0.29, 0.717) is 21.7 Å². The highest BCUT2D eigenvalue weighted by molar-refractivity contribution is 6.37. The summed E-state index contributed by atoms with van der Waals surface area (Å²) in [6.07, 6.45) is 0. The van der Waals surface area contributed by atoms with Gasteiger partial charge in [0.05, 0.1) is 10.0 Å². The van der Waals surface area contributed by atoms with Gasteiger partial charge in [-0.05, 0) is 12.1 Å². The summed E-state index contributed by atoms with van der Waals surface area (Å²) in [5.41, 5.74) is 0. The summed E-state index contributed by atoms with van der Waals surface area (Å²) in [4.78, 5) is 8.02. The number of rotatable bonds is 3. The van der Waals surface area contributed by atoms with Crippen molar-refractivity contribution in [1.29, 1.82) is 0 Å². The van der Waals surface area contributed by atoms with Crippen LogP contribution in [0.1, 0.15) is 0 Å². The monoisotopic (exact) mass is 303 g/mol. The minimum Gasteiger partial charge on any atom is -0.436 e. The van der Waals surface area contributed by atoms with Gasteiger partial charge in [-0.15, -0.1) is 0 Å². The third kappa shape index (κ3) is 2.96. The van der Waals surface area contributed by atoms with Gasteiger partial charge in [0, 0.05) is 13.1 Å². The number of hydrogen-bond donors (Lipinski definition) is 1. The van der Waals surface area contributed by atoms with Crippen molar-refractivity contribution < 1.29 is 4.74 Å². The van der Waals surface area contributed by atoms with Gasteiger partial charge in [0.25, 0.3) is 0 Å². The molecule has 1 aromatic heterocycles. The third-order valence-corrected chi connectivity index (χ3v) is 2.81.